The normalized spacial score (nSPS) is 36.7. The molecule has 3 unspecified atom stereocenters. The van der Waals surface area contributed by atoms with Crippen LogP contribution in [0.15, 0.2) is 12.2 Å². The molecule has 4 atom stereocenters. The van der Waals surface area contributed by atoms with Crippen LogP contribution in [0.4, 0.5) is 0 Å². The minimum Gasteiger partial charge on any atom is -0.469 e. The molecule has 0 aliphatic heterocycles. The summed E-state index contributed by atoms with van der Waals surface area (Å²) in [5, 5.41) is 0. The van der Waals surface area contributed by atoms with E-state index in [1.54, 1.807) is 0 Å². The topological polar surface area (TPSA) is 52.6 Å². The number of methoxy groups -OCH3 is 2. The molecule has 0 spiro atoms. The molecule has 1 saturated carbocycles. The minimum atomic E-state index is -0.350. The van der Waals surface area contributed by atoms with Gasteiger partial charge in [-0.1, -0.05) is 12.2 Å². The van der Waals surface area contributed by atoms with Crippen LogP contribution < -0.4 is 0 Å². The monoisotopic (exact) mass is 210 g/mol. The molecule has 0 saturated heterocycles. The summed E-state index contributed by atoms with van der Waals surface area (Å²) < 4.78 is 9.46. The fraction of sp³-hybridized carbons (Fsp3) is 0.636. The predicted octanol–water partition coefficient (Wildman–Crippen LogP) is 0.771. The van der Waals surface area contributed by atoms with Crippen LogP contribution >= 0.6 is 0 Å². The average Bonchev–Trinajstić information content (AvgIpc) is 2.86. The molecule has 0 aromatic carbocycles. The van der Waals surface area contributed by atoms with Crippen LogP contribution in [0.2, 0.25) is 0 Å². The largest absolute Gasteiger partial charge is 0.469 e. The second-order valence-electron chi connectivity index (χ2n) is 4.05. The molecule has 0 radical (unpaired) electrons. The number of allylic oxidation sites excluding steroid dienone is 2. The highest BCUT2D eigenvalue weighted by Gasteiger charge is 2.52. The molecule has 0 N–H and O–H groups in total. The Hall–Kier alpha value is -1.32. The lowest BCUT2D eigenvalue weighted by Gasteiger charge is -2.23. The maximum Gasteiger partial charge on any atom is 0.310 e. The van der Waals surface area contributed by atoms with Gasteiger partial charge in [-0.2, -0.15) is 0 Å². The highest BCUT2D eigenvalue weighted by Crippen LogP contribution is 2.48. The number of carbonyl (C=O) groups excluding carboxylic acids is 2. The third kappa shape index (κ3) is 1.44. The Morgan fingerprint density at radius 1 is 1.00 bits per heavy atom. The molecule has 0 heterocycles. The Balaban J connectivity index is 2.24. The average molecular weight is 210 g/mol. The predicted molar refractivity (Wildman–Crippen MR) is 51.7 cm³/mol. The molecule has 0 aromatic heterocycles. The van der Waals surface area contributed by atoms with E-state index >= 15 is 0 Å². The van der Waals surface area contributed by atoms with E-state index in [0.717, 1.165) is 6.42 Å². The molecular weight excluding hydrogens is 196 g/mol. The number of esters is 2. The van der Waals surface area contributed by atoms with E-state index in [-0.39, 0.29) is 35.6 Å². The van der Waals surface area contributed by atoms with Crippen molar-refractivity contribution in [3.63, 3.8) is 0 Å². The van der Waals surface area contributed by atoms with Gasteiger partial charge in [-0.15, -0.1) is 0 Å². The molecule has 0 amide bonds. The number of hydrogen-bond donors (Lipinski definition) is 0. The van der Waals surface area contributed by atoms with Gasteiger partial charge in [0.05, 0.1) is 26.1 Å². The molecule has 15 heavy (non-hydrogen) atoms. The van der Waals surface area contributed by atoms with Gasteiger partial charge < -0.3 is 9.47 Å². The van der Waals surface area contributed by atoms with Crippen LogP contribution in [0, 0.1) is 23.7 Å². The van der Waals surface area contributed by atoms with Crippen LogP contribution in [0.1, 0.15) is 6.42 Å². The molecule has 2 aliphatic rings. The maximum absolute atomic E-state index is 11.6. The molecule has 2 aliphatic carbocycles. The van der Waals surface area contributed by atoms with Gasteiger partial charge in [-0.3, -0.25) is 9.59 Å². The van der Waals surface area contributed by atoms with Gasteiger partial charge in [-0.05, 0) is 18.3 Å². The van der Waals surface area contributed by atoms with Gasteiger partial charge in [0.15, 0.2) is 0 Å². The number of carbonyl (C=O) groups is 2. The lowest BCUT2D eigenvalue weighted by molar-refractivity contribution is -0.158. The van der Waals surface area contributed by atoms with Crippen LogP contribution in [0.5, 0.6) is 0 Å². The number of rotatable bonds is 2. The first-order chi connectivity index (χ1) is 7.19. The van der Waals surface area contributed by atoms with Crippen LogP contribution in [0.25, 0.3) is 0 Å². The lowest BCUT2D eigenvalue weighted by Crippen LogP contribution is -2.34. The van der Waals surface area contributed by atoms with E-state index in [2.05, 4.69) is 0 Å². The third-order valence-corrected chi connectivity index (χ3v) is 3.41. The second-order valence-corrected chi connectivity index (χ2v) is 4.05. The van der Waals surface area contributed by atoms with Gasteiger partial charge in [-0.25, -0.2) is 0 Å². The Bertz CT molecular complexity index is 291. The van der Waals surface area contributed by atoms with Crippen molar-refractivity contribution >= 4 is 11.9 Å². The first-order valence-electron chi connectivity index (χ1n) is 5.03. The lowest BCUT2D eigenvalue weighted by atomic mass is 9.83. The van der Waals surface area contributed by atoms with Crippen LogP contribution in [0.3, 0.4) is 0 Å². The van der Waals surface area contributed by atoms with Crippen molar-refractivity contribution in [2.75, 3.05) is 14.2 Å². The summed E-state index contributed by atoms with van der Waals surface area (Å²) in [6, 6.07) is 0. The van der Waals surface area contributed by atoms with Crippen molar-refractivity contribution in [2.45, 2.75) is 6.42 Å². The molecule has 2 rings (SSSR count). The van der Waals surface area contributed by atoms with E-state index in [9.17, 15) is 9.59 Å². The number of hydrogen-bond acceptors (Lipinski definition) is 4. The van der Waals surface area contributed by atoms with Gasteiger partial charge >= 0.3 is 11.9 Å². The highest BCUT2D eigenvalue weighted by molar-refractivity contribution is 5.84. The van der Waals surface area contributed by atoms with E-state index in [1.807, 2.05) is 12.2 Å². The number of ether oxygens (including phenoxy) is 2. The number of fused-ring (bicyclic) bond motifs is 2. The first kappa shape index (κ1) is 10.2. The maximum atomic E-state index is 11.6. The van der Waals surface area contributed by atoms with Crippen molar-refractivity contribution in [3.8, 4) is 0 Å². The van der Waals surface area contributed by atoms with Crippen LogP contribution in [-0.4, -0.2) is 26.2 Å². The molecule has 1 fully saturated rings. The Morgan fingerprint density at radius 3 is 1.73 bits per heavy atom. The molecular formula is C11H14O4. The van der Waals surface area contributed by atoms with Gasteiger partial charge in [0, 0.05) is 0 Å². The molecule has 0 aromatic rings. The summed E-state index contributed by atoms with van der Waals surface area (Å²) in [7, 11) is 2.71. The zero-order valence-electron chi connectivity index (χ0n) is 8.80. The van der Waals surface area contributed by atoms with E-state index in [4.69, 9.17) is 9.47 Å². The quantitative estimate of drug-likeness (QED) is 0.499. The Morgan fingerprint density at radius 2 is 1.40 bits per heavy atom. The van der Waals surface area contributed by atoms with Gasteiger partial charge in [0.25, 0.3) is 0 Å². The fourth-order valence-corrected chi connectivity index (χ4v) is 2.74. The summed E-state index contributed by atoms with van der Waals surface area (Å²) >= 11 is 0. The minimum absolute atomic E-state index is 0.145. The first-order valence-corrected chi connectivity index (χ1v) is 5.03. The molecule has 4 heteroatoms. The summed E-state index contributed by atoms with van der Waals surface area (Å²) in [5.74, 6) is -1.02. The standard InChI is InChI=1S/C11H14O4/c1-14-10(12)8-6-3-4-7(5-6)9(8)11(13)15-2/h3-4,6-9H,5H2,1-2H3/t6?,7?,8-,9?/m1/s1. The molecule has 2 bridgehead atoms. The summed E-state index contributed by atoms with van der Waals surface area (Å²) in [4.78, 5) is 23.1. The molecule has 4 nitrogen and oxygen atoms in total. The van der Waals surface area contributed by atoms with E-state index < -0.39 is 0 Å². The highest BCUT2D eigenvalue weighted by atomic mass is 16.5. The van der Waals surface area contributed by atoms with Crippen molar-refractivity contribution in [3.05, 3.63) is 12.2 Å². The second kappa shape index (κ2) is 3.68. The third-order valence-electron chi connectivity index (χ3n) is 3.41. The smallest absolute Gasteiger partial charge is 0.310 e. The van der Waals surface area contributed by atoms with E-state index in [1.165, 1.54) is 14.2 Å². The summed E-state index contributed by atoms with van der Waals surface area (Å²) in [6.45, 7) is 0. The van der Waals surface area contributed by atoms with Gasteiger partial charge in [0.1, 0.15) is 0 Å². The fourth-order valence-electron chi connectivity index (χ4n) is 2.74. The van der Waals surface area contributed by atoms with Crippen molar-refractivity contribution in [1.29, 1.82) is 0 Å². The zero-order valence-corrected chi connectivity index (χ0v) is 8.80. The van der Waals surface area contributed by atoms with Crippen molar-refractivity contribution in [2.24, 2.45) is 23.7 Å². The Kier molecular flexibility index (Phi) is 2.50. The van der Waals surface area contributed by atoms with E-state index in [0.29, 0.717) is 0 Å². The van der Waals surface area contributed by atoms with Gasteiger partial charge in [0.2, 0.25) is 0 Å². The van der Waals surface area contributed by atoms with Crippen molar-refractivity contribution in [1.82, 2.24) is 0 Å². The zero-order chi connectivity index (χ0) is 11.0. The molecule has 82 valence electrons. The summed E-state index contributed by atoms with van der Waals surface area (Å²) in [5.41, 5.74) is 0. The van der Waals surface area contributed by atoms with Crippen LogP contribution in [-0.2, 0) is 19.1 Å². The Labute approximate surface area is 88.2 Å². The van der Waals surface area contributed by atoms with Crippen molar-refractivity contribution < 1.29 is 19.1 Å². The SMILES string of the molecule is COC(=O)C1C2C=CC(C2)[C@H]1C(=O)OC. The summed E-state index contributed by atoms with van der Waals surface area (Å²) in [6.07, 6.45) is 4.87.